The molecule has 1 aromatic heterocycles. The third-order valence-corrected chi connectivity index (χ3v) is 3.39. The van der Waals surface area contributed by atoms with Crippen LogP contribution in [0.4, 0.5) is 4.39 Å². The zero-order valence-corrected chi connectivity index (χ0v) is 12.0. The summed E-state index contributed by atoms with van der Waals surface area (Å²) in [7, 11) is 0. The van der Waals surface area contributed by atoms with Crippen molar-refractivity contribution in [3.8, 4) is 5.75 Å². The first kappa shape index (κ1) is 14.0. The SMILES string of the molecule is CCOc1cncc(C(N)c2ccc(F)cc2Br)c1. The molecule has 1 aromatic carbocycles. The number of benzene rings is 1. The van der Waals surface area contributed by atoms with Crippen LogP contribution in [-0.2, 0) is 0 Å². The Balaban J connectivity index is 2.32. The quantitative estimate of drug-likeness (QED) is 0.937. The van der Waals surface area contributed by atoms with E-state index < -0.39 is 0 Å². The Morgan fingerprint density at radius 2 is 2.16 bits per heavy atom. The van der Waals surface area contributed by atoms with Gasteiger partial charge in [0.05, 0.1) is 18.8 Å². The summed E-state index contributed by atoms with van der Waals surface area (Å²) in [5.74, 6) is 0.373. The molecule has 2 N–H and O–H groups in total. The lowest BCUT2D eigenvalue weighted by Crippen LogP contribution is -2.13. The zero-order valence-electron chi connectivity index (χ0n) is 10.4. The maximum absolute atomic E-state index is 13.1. The Morgan fingerprint density at radius 3 is 2.84 bits per heavy atom. The molecule has 0 amide bonds. The highest BCUT2D eigenvalue weighted by Crippen LogP contribution is 2.28. The molecule has 100 valence electrons. The molecule has 5 heteroatoms. The Labute approximate surface area is 119 Å². The lowest BCUT2D eigenvalue weighted by Gasteiger charge is -2.15. The van der Waals surface area contributed by atoms with Gasteiger partial charge in [-0.15, -0.1) is 0 Å². The molecule has 0 aliphatic heterocycles. The fraction of sp³-hybridized carbons (Fsp3) is 0.214. The van der Waals surface area contributed by atoms with Crippen molar-refractivity contribution in [1.29, 1.82) is 0 Å². The predicted molar refractivity (Wildman–Crippen MR) is 75.5 cm³/mol. The third kappa shape index (κ3) is 3.30. The van der Waals surface area contributed by atoms with E-state index in [1.165, 1.54) is 12.1 Å². The summed E-state index contributed by atoms with van der Waals surface area (Å²) in [6.45, 7) is 2.48. The highest BCUT2D eigenvalue weighted by Gasteiger charge is 2.14. The van der Waals surface area contributed by atoms with Crippen molar-refractivity contribution < 1.29 is 9.13 Å². The van der Waals surface area contributed by atoms with E-state index in [-0.39, 0.29) is 11.9 Å². The molecule has 2 rings (SSSR count). The number of hydrogen-bond donors (Lipinski definition) is 1. The van der Waals surface area contributed by atoms with Crippen LogP contribution in [0.25, 0.3) is 0 Å². The first-order chi connectivity index (χ1) is 9.11. The number of ether oxygens (including phenoxy) is 1. The molecule has 0 aliphatic carbocycles. The molecule has 1 atom stereocenters. The van der Waals surface area contributed by atoms with Crippen LogP contribution < -0.4 is 10.5 Å². The second kappa shape index (κ2) is 6.12. The van der Waals surface area contributed by atoms with E-state index in [1.807, 2.05) is 13.0 Å². The highest BCUT2D eigenvalue weighted by atomic mass is 79.9. The fourth-order valence-electron chi connectivity index (χ4n) is 1.78. The zero-order chi connectivity index (χ0) is 13.8. The van der Waals surface area contributed by atoms with Gasteiger partial charge in [-0.1, -0.05) is 22.0 Å². The summed E-state index contributed by atoms with van der Waals surface area (Å²) in [6, 6.07) is 5.91. The first-order valence-electron chi connectivity index (χ1n) is 5.90. The molecule has 0 radical (unpaired) electrons. The lowest BCUT2D eigenvalue weighted by molar-refractivity contribution is 0.338. The van der Waals surface area contributed by atoms with Crippen LogP contribution in [0.15, 0.2) is 41.1 Å². The van der Waals surface area contributed by atoms with Gasteiger partial charge < -0.3 is 10.5 Å². The number of pyridine rings is 1. The molecule has 2 aromatic rings. The van der Waals surface area contributed by atoms with Crippen LogP contribution in [-0.4, -0.2) is 11.6 Å². The third-order valence-electron chi connectivity index (χ3n) is 2.70. The lowest BCUT2D eigenvalue weighted by atomic mass is 10.0. The molecule has 0 aliphatic rings. The molecule has 19 heavy (non-hydrogen) atoms. The Bertz CT molecular complexity index is 577. The van der Waals surface area contributed by atoms with Gasteiger partial charge in [-0.25, -0.2) is 4.39 Å². The Kier molecular flexibility index (Phi) is 4.50. The predicted octanol–water partition coefficient (Wildman–Crippen LogP) is 3.43. The standard InChI is InChI=1S/C14H14BrFN2O/c1-2-19-11-5-9(7-18-8-11)14(17)12-4-3-10(16)6-13(12)15/h3-8,14H,2,17H2,1H3. The molecule has 0 fully saturated rings. The number of nitrogens with zero attached hydrogens (tertiary/aromatic N) is 1. The summed E-state index contributed by atoms with van der Waals surface area (Å²) < 4.78 is 19.1. The minimum Gasteiger partial charge on any atom is -0.492 e. The van der Waals surface area contributed by atoms with Gasteiger partial charge in [0, 0.05) is 10.7 Å². The molecule has 1 heterocycles. The maximum atomic E-state index is 13.1. The molecule has 0 saturated heterocycles. The van der Waals surface area contributed by atoms with Crippen molar-refractivity contribution >= 4 is 15.9 Å². The van der Waals surface area contributed by atoms with E-state index in [2.05, 4.69) is 20.9 Å². The van der Waals surface area contributed by atoms with Crippen molar-refractivity contribution in [3.05, 3.63) is 58.1 Å². The van der Waals surface area contributed by atoms with Gasteiger partial charge in [0.1, 0.15) is 11.6 Å². The number of rotatable bonds is 4. The maximum Gasteiger partial charge on any atom is 0.137 e. The topological polar surface area (TPSA) is 48.1 Å². The number of nitrogens with two attached hydrogens (primary N) is 1. The van der Waals surface area contributed by atoms with Crippen LogP contribution in [0.5, 0.6) is 5.75 Å². The average molecular weight is 325 g/mol. The van der Waals surface area contributed by atoms with E-state index in [0.29, 0.717) is 16.8 Å². The minimum absolute atomic E-state index is 0.302. The molecule has 0 bridgehead atoms. The average Bonchev–Trinajstić information content (AvgIpc) is 2.39. The van der Waals surface area contributed by atoms with Gasteiger partial charge in [-0.05, 0) is 36.2 Å². The van der Waals surface area contributed by atoms with E-state index in [4.69, 9.17) is 10.5 Å². The first-order valence-corrected chi connectivity index (χ1v) is 6.69. The van der Waals surface area contributed by atoms with Gasteiger partial charge >= 0.3 is 0 Å². The second-order valence-corrected chi connectivity index (χ2v) is 4.88. The van der Waals surface area contributed by atoms with Gasteiger partial charge in [-0.2, -0.15) is 0 Å². The molecule has 0 saturated carbocycles. The summed E-state index contributed by atoms with van der Waals surface area (Å²) >= 11 is 3.32. The summed E-state index contributed by atoms with van der Waals surface area (Å²) in [4.78, 5) is 4.10. The normalized spacial score (nSPS) is 12.2. The van der Waals surface area contributed by atoms with Crippen molar-refractivity contribution in [2.75, 3.05) is 6.61 Å². The smallest absolute Gasteiger partial charge is 0.137 e. The summed E-state index contributed by atoms with van der Waals surface area (Å²) in [6.07, 6.45) is 3.32. The number of halogens is 2. The van der Waals surface area contributed by atoms with Crippen LogP contribution in [0.1, 0.15) is 24.1 Å². The minimum atomic E-state index is -0.386. The summed E-state index contributed by atoms with van der Waals surface area (Å²) in [5.41, 5.74) is 7.80. The van der Waals surface area contributed by atoms with E-state index in [9.17, 15) is 4.39 Å². The number of aromatic nitrogens is 1. The van der Waals surface area contributed by atoms with Crippen molar-refractivity contribution in [2.24, 2.45) is 5.73 Å². The van der Waals surface area contributed by atoms with Gasteiger partial charge in [-0.3, -0.25) is 4.98 Å². The Hall–Kier alpha value is -1.46. The van der Waals surface area contributed by atoms with Crippen LogP contribution >= 0.6 is 15.9 Å². The monoisotopic (exact) mass is 324 g/mol. The largest absolute Gasteiger partial charge is 0.492 e. The second-order valence-electron chi connectivity index (χ2n) is 4.03. The van der Waals surface area contributed by atoms with Crippen molar-refractivity contribution in [1.82, 2.24) is 4.98 Å². The van der Waals surface area contributed by atoms with Crippen LogP contribution in [0.2, 0.25) is 0 Å². The van der Waals surface area contributed by atoms with E-state index in [0.717, 1.165) is 11.1 Å². The van der Waals surface area contributed by atoms with Crippen molar-refractivity contribution in [3.63, 3.8) is 0 Å². The van der Waals surface area contributed by atoms with E-state index >= 15 is 0 Å². The van der Waals surface area contributed by atoms with Gasteiger partial charge in [0.25, 0.3) is 0 Å². The fourth-order valence-corrected chi connectivity index (χ4v) is 2.38. The molecule has 3 nitrogen and oxygen atoms in total. The Morgan fingerprint density at radius 1 is 1.37 bits per heavy atom. The summed E-state index contributed by atoms with van der Waals surface area (Å²) in [5, 5.41) is 0. The van der Waals surface area contributed by atoms with Gasteiger partial charge in [0.15, 0.2) is 0 Å². The van der Waals surface area contributed by atoms with Crippen LogP contribution in [0.3, 0.4) is 0 Å². The van der Waals surface area contributed by atoms with E-state index in [1.54, 1.807) is 18.5 Å². The molecule has 1 unspecified atom stereocenters. The molecular formula is C14H14BrFN2O. The molecule has 0 spiro atoms. The molecular weight excluding hydrogens is 311 g/mol. The van der Waals surface area contributed by atoms with Gasteiger partial charge in [0.2, 0.25) is 0 Å². The number of hydrogen-bond acceptors (Lipinski definition) is 3. The van der Waals surface area contributed by atoms with Crippen molar-refractivity contribution in [2.45, 2.75) is 13.0 Å². The van der Waals surface area contributed by atoms with Crippen LogP contribution in [0, 0.1) is 5.82 Å². The highest BCUT2D eigenvalue weighted by molar-refractivity contribution is 9.10.